The van der Waals surface area contributed by atoms with Crippen LogP contribution in [0.3, 0.4) is 0 Å². The minimum Gasteiger partial charge on any atom is -0.256 e. The Kier molecular flexibility index (Phi) is 3.66. The maximum Gasteiger partial charge on any atom is 0.151 e. The number of hydrogen-bond donors (Lipinski definition) is 0. The Labute approximate surface area is 99.2 Å². The first kappa shape index (κ1) is 11.7. The Hall–Kier alpha value is -0.423. The molecule has 0 unspecified atom stereocenters. The van der Waals surface area contributed by atoms with E-state index < -0.39 is 5.57 Å². The standard InChI is InChI=1S/C11H14INSi/c1-5-9(2)11-7-6-10(8-13-11)14(3,4)12/h5-8H,1-2H2,3-4H3. The molecule has 1 rings (SSSR count). The molecule has 1 aromatic rings. The fraction of sp³-hybridized carbons (Fsp3) is 0.182. The molecule has 1 aromatic heterocycles. The number of aromatic nitrogens is 1. The van der Waals surface area contributed by atoms with Crippen LogP contribution in [-0.4, -0.2) is 10.6 Å². The quantitative estimate of drug-likeness (QED) is 0.361. The van der Waals surface area contributed by atoms with Gasteiger partial charge in [-0.3, -0.25) is 4.98 Å². The van der Waals surface area contributed by atoms with Crippen molar-refractivity contribution < 1.29 is 0 Å². The van der Waals surface area contributed by atoms with E-state index in [1.165, 1.54) is 5.19 Å². The van der Waals surface area contributed by atoms with Gasteiger partial charge in [0.05, 0.1) is 5.69 Å². The van der Waals surface area contributed by atoms with Crippen molar-refractivity contribution in [1.29, 1.82) is 0 Å². The zero-order valence-electron chi connectivity index (χ0n) is 8.55. The summed E-state index contributed by atoms with van der Waals surface area (Å²) in [5.74, 6) is 0. The van der Waals surface area contributed by atoms with Crippen molar-refractivity contribution in [3.63, 3.8) is 0 Å². The third-order valence-electron chi connectivity index (χ3n) is 2.03. The van der Waals surface area contributed by atoms with Crippen LogP contribution in [0.4, 0.5) is 0 Å². The predicted octanol–water partition coefficient (Wildman–Crippen LogP) is 3.13. The molecule has 0 atom stereocenters. The largest absolute Gasteiger partial charge is 0.256 e. The molecule has 1 heterocycles. The van der Waals surface area contributed by atoms with Crippen LogP contribution in [0.1, 0.15) is 5.69 Å². The van der Waals surface area contributed by atoms with E-state index in [0.29, 0.717) is 0 Å². The molecular formula is C11H14INSi. The molecule has 74 valence electrons. The van der Waals surface area contributed by atoms with Crippen LogP contribution in [0.5, 0.6) is 0 Å². The molecule has 0 radical (unpaired) electrons. The highest BCUT2D eigenvalue weighted by atomic mass is 127. The molecule has 0 bridgehead atoms. The van der Waals surface area contributed by atoms with Gasteiger partial charge in [-0.2, -0.15) is 0 Å². The van der Waals surface area contributed by atoms with Crippen molar-refractivity contribution in [2.45, 2.75) is 13.1 Å². The van der Waals surface area contributed by atoms with Crippen molar-refractivity contribution >= 4 is 38.1 Å². The summed E-state index contributed by atoms with van der Waals surface area (Å²) in [4.78, 5) is 4.38. The molecule has 0 saturated heterocycles. The molecule has 0 fully saturated rings. The number of pyridine rings is 1. The van der Waals surface area contributed by atoms with E-state index >= 15 is 0 Å². The summed E-state index contributed by atoms with van der Waals surface area (Å²) in [6, 6.07) is 4.17. The van der Waals surface area contributed by atoms with Gasteiger partial charge in [0.1, 0.15) is 0 Å². The highest BCUT2D eigenvalue weighted by molar-refractivity contribution is 14.1. The highest BCUT2D eigenvalue weighted by Gasteiger charge is 2.19. The van der Waals surface area contributed by atoms with Crippen LogP contribution in [-0.2, 0) is 0 Å². The smallest absolute Gasteiger partial charge is 0.151 e. The lowest BCUT2D eigenvalue weighted by atomic mass is 10.2. The predicted molar refractivity (Wildman–Crippen MR) is 74.6 cm³/mol. The second-order valence-electron chi connectivity index (χ2n) is 3.63. The molecular weight excluding hydrogens is 301 g/mol. The SMILES string of the molecule is C=CC(=C)c1ccc([Si](C)(C)I)cn1. The number of halogens is 1. The van der Waals surface area contributed by atoms with Crippen molar-refractivity contribution in [3.05, 3.63) is 43.3 Å². The van der Waals surface area contributed by atoms with Gasteiger partial charge in [0.15, 0.2) is 5.57 Å². The van der Waals surface area contributed by atoms with Crippen LogP contribution >= 0.6 is 21.8 Å². The zero-order valence-corrected chi connectivity index (χ0v) is 11.7. The van der Waals surface area contributed by atoms with Gasteiger partial charge in [0, 0.05) is 6.20 Å². The van der Waals surface area contributed by atoms with Gasteiger partial charge in [0.25, 0.3) is 0 Å². The molecule has 0 aliphatic rings. The molecule has 3 heteroatoms. The van der Waals surface area contributed by atoms with Crippen molar-refractivity contribution in [3.8, 4) is 0 Å². The minimum absolute atomic E-state index is 0.879. The summed E-state index contributed by atoms with van der Waals surface area (Å²) >= 11 is 2.54. The Morgan fingerprint density at radius 3 is 2.50 bits per heavy atom. The summed E-state index contributed by atoms with van der Waals surface area (Å²) < 4.78 is 0. The van der Waals surface area contributed by atoms with Crippen molar-refractivity contribution in [2.75, 3.05) is 0 Å². The van der Waals surface area contributed by atoms with Gasteiger partial charge >= 0.3 is 0 Å². The maximum absolute atomic E-state index is 4.38. The van der Waals surface area contributed by atoms with Crippen LogP contribution < -0.4 is 5.19 Å². The fourth-order valence-corrected chi connectivity index (χ4v) is 2.85. The van der Waals surface area contributed by atoms with Gasteiger partial charge in [0.2, 0.25) is 0 Å². The number of allylic oxidation sites excluding steroid dienone is 2. The number of rotatable bonds is 3. The van der Waals surface area contributed by atoms with E-state index in [2.05, 4.69) is 59.1 Å². The Morgan fingerprint density at radius 1 is 1.50 bits per heavy atom. The molecule has 0 N–H and O–H groups in total. The number of hydrogen-bond acceptors (Lipinski definition) is 1. The van der Waals surface area contributed by atoms with Crippen LogP contribution in [0.25, 0.3) is 5.57 Å². The van der Waals surface area contributed by atoms with Gasteiger partial charge in [-0.05, 0) is 16.8 Å². The number of nitrogens with zero attached hydrogens (tertiary/aromatic N) is 1. The molecule has 1 nitrogen and oxygen atoms in total. The topological polar surface area (TPSA) is 12.9 Å². The Balaban J connectivity index is 3.00. The van der Waals surface area contributed by atoms with Crippen LogP contribution in [0.2, 0.25) is 13.1 Å². The lowest BCUT2D eigenvalue weighted by molar-refractivity contribution is 1.30. The lowest BCUT2D eigenvalue weighted by Crippen LogP contribution is -2.34. The van der Waals surface area contributed by atoms with Gasteiger partial charge in [-0.25, -0.2) is 0 Å². The second-order valence-corrected chi connectivity index (χ2v) is 15.2. The molecule has 0 amide bonds. The molecule has 14 heavy (non-hydrogen) atoms. The minimum atomic E-state index is -1.25. The summed E-state index contributed by atoms with van der Waals surface area (Å²) in [7, 11) is 0. The van der Waals surface area contributed by atoms with Crippen molar-refractivity contribution in [1.82, 2.24) is 4.98 Å². The normalized spacial score (nSPS) is 11.1. The van der Waals surface area contributed by atoms with Gasteiger partial charge in [-0.1, -0.05) is 38.4 Å². The van der Waals surface area contributed by atoms with Crippen LogP contribution in [0, 0.1) is 0 Å². The first-order valence-corrected chi connectivity index (χ1v) is 10.5. The third kappa shape index (κ3) is 2.78. The molecule has 0 aliphatic heterocycles. The first-order chi connectivity index (χ1) is 6.45. The van der Waals surface area contributed by atoms with E-state index in [1.807, 2.05) is 12.3 Å². The molecule has 0 aliphatic carbocycles. The molecule has 0 spiro atoms. The summed E-state index contributed by atoms with van der Waals surface area (Å²) in [6.07, 6.45) is 3.69. The zero-order chi connectivity index (χ0) is 10.8. The van der Waals surface area contributed by atoms with E-state index in [4.69, 9.17) is 0 Å². The monoisotopic (exact) mass is 315 g/mol. The summed E-state index contributed by atoms with van der Waals surface area (Å²) in [6.45, 7) is 12.1. The van der Waals surface area contributed by atoms with Crippen LogP contribution in [0.15, 0.2) is 37.6 Å². The second kappa shape index (κ2) is 4.40. The van der Waals surface area contributed by atoms with E-state index in [1.54, 1.807) is 6.08 Å². The fourth-order valence-electron chi connectivity index (χ4n) is 1.04. The maximum atomic E-state index is 4.38. The molecule has 0 aromatic carbocycles. The third-order valence-corrected chi connectivity index (χ3v) is 5.56. The van der Waals surface area contributed by atoms with E-state index in [0.717, 1.165) is 11.3 Å². The Bertz CT molecular complexity index is 349. The highest BCUT2D eigenvalue weighted by Crippen LogP contribution is 2.13. The van der Waals surface area contributed by atoms with Gasteiger partial charge in [-0.15, -0.1) is 21.8 Å². The lowest BCUT2D eigenvalue weighted by Gasteiger charge is -2.13. The average molecular weight is 315 g/mol. The first-order valence-electron chi connectivity index (χ1n) is 4.42. The Morgan fingerprint density at radius 2 is 2.14 bits per heavy atom. The summed E-state index contributed by atoms with van der Waals surface area (Å²) in [5.41, 5.74) is 0.545. The molecule has 0 saturated carbocycles. The van der Waals surface area contributed by atoms with E-state index in [9.17, 15) is 0 Å². The van der Waals surface area contributed by atoms with Gasteiger partial charge < -0.3 is 0 Å². The average Bonchev–Trinajstić information content (AvgIpc) is 2.15. The summed E-state index contributed by atoms with van der Waals surface area (Å²) in [5, 5.41) is 1.36. The van der Waals surface area contributed by atoms with E-state index in [-0.39, 0.29) is 0 Å². The van der Waals surface area contributed by atoms with Crippen molar-refractivity contribution in [2.24, 2.45) is 0 Å².